The zero-order valence-electron chi connectivity index (χ0n) is 10.3. The van der Waals surface area contributed by atoms with Gasteiger partial charge < -0.3 is 10.1 Å². The Morgan fingerprint density at radius 2 is 2.28 bits per heavy atom. The van der Waals surface area contributed by atoms with Crippen molar-refractivity contribution in [3.63, 3.8) is 0 Å². The Hall–Kier alpha value is -1.60. The van der Waals surface area contributed by atoms with E-state index in [2.05, 4.69) is 5.32 Å². The second-order valence-corrected chi connectivity index (χ2v) is 4.60. The number of halogens is 1. The summed E-state index contributed by atoms with van der Waals surface area (Å²) in [5.74, 6) is 0.408. The Bertz CT molecular complexity index is 438. The molecule has 1 fully saturated rings. The molecule has 1 saturated carbocycles. The SMILES string of the molecule is N#Cc1cc(F)ccc1NCCCOCC1CC1. The van der Waals surface area contributed by atoms with Gasteiger partial charge in [0.25, 0.3) is 0 Å². The molecule has 0 bridgehead atoms. The molecular weight excluding hydrogens is 231 g/mol. The number of nitrogens with zero attached hydrogens (tertiary/aromatic N) is 1. The average Bonchev–Trinajstić information content (AvgIpc) is 3.19. The molecule has 4 heteroatoms. The maximum absolute atomic E-state index is 12.9. The van der Waals surface area contributed by atoms with Crippen molar-refractivity contribution < 1.29 is 9.13 Å². The number of hydrogen-bond donors (Lipinski definition) is 1. The minimum absolute atomic E-state index is 0.342. The molecule has 0 spiro atoms. The molecule has 3 nitrogen and oxygen atoms in total. The molecule has 0 radical (unpaired) electrons. The van der Waals surface area contributed by atoms with Crippen molar-refractivity contribution in [2.24, 2.45) is 5.92 Å². The molecule has 1 aromatic carbocycles. The van der Waals surface area contributed by atoms with Crippen molar-refractivity contribution in [2.45, 2.75) is 19.3 Å². The summed E-state index contributed by atoms with van der Waals surface area (Å²) in [6.45, 7) is 2.33. The van der Waals surface area contributed by atoms with E-state index in [1.165, 1.54) is 25.0 Å². The second-order valence-electron chi connectivity index (χ2n) is 4.60. The monoisotopic (exact) mass is 248 g/mol. The van der Waals surface area contributed by atoms with Gasteiger partial charge in [-0.2, -0.15) is 5.26 Å². The first kappa shape index (κ1) is 12.8. The van der Waals surface area contributed by atoms with Gasteiger partial charge in [0.15, 0.2) is 0 Å². The smallest absolute Gasteiger partial charge is 0.124 e. The summed E-state index contributed by atoms with van der Waals surface area (Å²) in [5, 5.41) is 12.0. The van der Waals surface area contributed by atoms with Crippen LogP contribution in [0.2, 0.25) is 0 Å². The minimum atomic E-state index is -0.384. The predicted octanol–water partition coefficient (Wildman–Crippen LogP) is 2.93. The molecule has 1 aromatic rings. The van der Waals surface area contributed by atoms with Crippen molar-refractivity contribution in [2.75, 3.05) is 25.1 Å². The van der Waals surface area contributed by atoms with Crippen molar-refractivity contribution in [1.29, 1.82) is 5.26 Å². The second kappa shape index (κ2) is 6.36. The van der Waals surface area contributed by atoms with E-state index in [-0.39, 0.29) is 5.82 Å². The lowest BCUT2D eigenvalue weighted by Gasteiger charge is -2.08. The number of anilines is 1. The van der Waals surface area contributed by atoms with Crippen LogP contribution in [0.3, 0.4) is 0 Å². The van der Waals surface area contributed by atoms with Gasteiger partial charge in [-0.25, -0.2) is 4.39 Å². The number of benzene rings is 1. The Labute approximate surface area is 107 Å². The predicted molar refractivity (Wildman–Crippen MR) is 67.8 cm³/mol. The van der Waals surface area contributed by atoms with Gasteiger partial charge in [0.2, 0.25) is 0 Å². The fourth-order valence-electron chi connectivity index (χ4n) is 1.69. The lowest BCUT2D eigenvalue weighted by Crippen LogP contribution is -2.08. The molecule has 0 saturated heterocycles. The molecule has 0 aliphatic heterocycles. The van der Waals surface area contributed by atoms with Gasteiger partial charge in [0.05, 0.1) is 11.3 Å². The first-order valence-corrected chi connectivity index (χ1v) is 6.31. The fourth-order valence-corrected chi connectivity index (χ4v) is 1.69. The zero-order chi connectivity index (χ0) is 12.8. The summed E-state index contributed by atoms with van der Waals surface area (Å²) >= 11 is 0. The van der Waals surface area contributed by atoms with Crippen molar-refractivity contribution in [3.8, 4) is 6.07 Å². The quantitative estimate of drug-likeness (QED) is 0.754. The van der Waals surface area contributed by atoms with Crippen LogP contribution in [0.15, 0.2) is 18.2 Å². The minimum Gasteiger partial charge on any atom is -0.384 e. The highest BCUT2D eigenvalue weighted by Crippen LogP contribution is 2.28. The van der Waals surface area contributed by atoms with Crippen LogP contribution >= 0.6 is 0 Å². The Morgan fingerprint density at radius 3 is 3.00 bits per heavy atom. The molecule has 0 aromatic heterocycles. The lowest BCUT2D eigenvalue weighted by molar-refractivity contribution is 0.124. The summed E-state index contributed by atoms with van der Waals surface area (Å²) in [4.78, 5) is 0. The maximum Gasteiger partial charge on any atom is 0.124 e. The number of ether oxygens (including phenoxy) is 1. The molecular formula is C14H17FN2O. The number of nitriles is 1. The van der Waals surface area contributed by atoms with Crippen molar-refractivity contribution in [3.05, 3.63) is 29.6 Å². The van der Waals surface area contributed by atoms with E-state index >= 15 is 0 Å². The van der Waals surface area contributed by atoms with Gasteiger partial charge in [-0.3, -0.25) is 0 Å². The lowest BCUT2D eigenvalue weighted by atomic mass is 10.2. The Morgan fingerprint density at radius 1 is 1.44 bits per heavy atom. The van der Waals surface area contributed by atoms with Crippen LogP contribution < -0.4 is 5.32 Å². The van der Waals surface area contributed by atoms with E-state index in [0.717, 1.165) is 32.1 Å². The first-order valence-electron chi connectivity index (χ1n) is 6.31. The molecule has 0 unspecified atom stereocenters. The highest BCUT2D eigenvalue weighted by molar-refractivity contribution is 5.57. The van der Waals surface area contributed by atoms with E-state index in [0.29, 0.717) is 11.3 Å². The number of rotatable bonds is 7. The Balaban J connectivity index is 1.67. The van der Waals surface area contributed by atoms with Gasteiger partial charge in [-0.1, -0.05) is 0 Å². The molecule has 1 aliphatic rings. The largest absolute Gasteiger partial charge is 0.384 e. The summed E-state index contributed by atoms with van der Waals surface area (Å²) in [6.07, 6.45) is 3.49. The highest BCUT2D eigenvalue weighted by atomic mass is 19.1. The van der Waals surface area contributed by atoms with E-state index in [1.54, 1.807) is 6.07 Å². The van der Waals surface area contributed by atoms with E-state index < -0.39 is 0 Å². The molecule has 0 atom stereocenters. The topological polar surface area (TPSA) is 45.0 Å². The summed E-state index contributed by atoms with van der Waals surface area (Å²) in [5.41, 5.74) is 1.02. The Kier molecular flexibility index (Phi) is 4.54. The van der Waals surface area contributed by atoms with Gasteiger partial charge in [0.1, 0.15) is 11.9 Å². The van der Waals surface area contributed by atoms with Crippen LogP contribution in [-0.4, -0.2) is 19.8 Å². The van der Waals surface area contributed by atoms with Gasteiger partial charge in [0, 0.05) is 19.8 Å². The summed E-state index contributed by atoms with van der Waals surface area (Å²) < 4.78 is 18.4. The first-order chi connectivity index (χ1) is 8.79. The molecule has 96 valence electrons. The maximum atomic E-state index is 12.9. The standard InChI is InChI=1S/C14H17FN2O/c15-13-4-5-14(12(8-13)9-16)17-6-1-7-18-10-11-2-3-11/h4-5,8,11,17H,1-3,6-7,10H2. The van der Waals surface area contributed by atoms with Crippen LogP contribution in [0.1, 0.15) is 24.8 Å². The third-order valence-corrected chi connectivity index (χ3v) is 2.93. The van der Waals surface area contributed by atoms with Crippen LogP contribution in [-0.2, 0) is 4.74 Å². The third kappa shape index (κ3) is 4.01. The molecule has 0 heterocycles. The van der Waals surface area contributed by atoms with Gasteiger partial charge in [-0.15, -0.1) is 0 Å². The summed E-state index contributed by atoms with van der Waals surface area (Å²) in [6, 6.07) is 6.17. The van der Waals surface area contributed by atoms with E-state index in [1.807, 2.05) is 6.07 Å². The van der Waals surface area contributed by atoms with E-state index in [9.17, 15) is 4.39 Å². The van der Waals surface area contributed by atoms with Crippen molar-refractivity contribution >= 4 is 5.69 Å². The summed E-state index contributed by atoms with van der Waals surface area (Å²) in [7, 11) is 0. The molecule has 1 N–H and O–H groups in total. The number of hydrogen-bond acceptors (Lipinski definition) is 3. The van der Waals surface area contributed by atoms with Crippen molar-refractivity contribution in [1.82, 2.24) is 0 Å². The highest BCUT2D eigenvalue weighted by Gasteiger charge is 2.20. The van der Waals surface area contributed by atoms with E-state index in [4.69, 9.17) is 10.00 Å². The van der Waals surface area contributed by atoms with Crippen LogP contribution in [0.25, 0.3) is 0 Å². The third-order valence-electron chi connectivity index (χ3n) is 2.93. The van der Waals surface area contributed by atoms with Crippen LogP contribution in [0.4, 0.5) is 10.1 Å². The van der Waals surface area contributed by atoms with Gasteiger partial charge in [-0.05, 0) is 43.4 Å². The molecule has 0 amide bonds. The molecule has 18 heavy (non-hydrogen) atoms. The normalized spacial score (nSPS) is 14.2. The van der Waals surface area contributed by atoms with Crippen LogP contribution in [0, 0.1) is 23.1 Å². The number of nitrogens with one attached hydrogen (secondary N) is 1. The average molecular weight is 248 g/mol. The van der Waals surface area contributed by atoms with Crippen LogP contribution in [0.5, 0.6) is 0 Å². The van der Waals surface area contributed by atoms with Gasteiger partial charge >= 0.3 is 0 Å². The zero-order valence-corrected chi connectivity index (χ0v) is 10.3. The molecule has 2 rings (SSSR count). The fraction of sp³-hybridized carbons (Fsp3) is 0.500. The molecule has 1 aliphatic carbocycles.